The molecule has 26 heavy (non-hydrogen) atoms. The summed E-state index contributed by atoms with van der Waals surface area (Å²) in [5, 5.41) is 0. The SMILES string of the molecule is CCCCCCOC(=O)c1ccc(N2C(=O)c3ccccc3C2=O)cc1. The maximum Gasteiger partial charge on any atom is 0.338 e. The normalized spacial score (nSPS) is 13.0. The predicted octanol–water partition coefficient (Wildman–Crippen LogP) is 4.22. The number of carbonyl (C=O) groups is 3. The molecule has 2 aromatic rings. The second-order valence-electron chi connectivity index (χ2n) is 6.23. The van der Waals surface area contributed by atoms with E-state index < -0.39 is 5.97 Å². The van der Waals surface area contributed by atoms with E-state index in [1.165, 1.54) is 0 Å². The van der Waals surface area contributed by atoms with Crippen molar-refractivity contribution < 1.29 is 19.1 Å². The molecule has 0 saturated carbocycles. The minimum absolute atomic E-state index is 0.350. The number of anilines is 1. The summed E-state index contributed by atoms with van der Waals surface area (Å²) in [5.41, 5.74) is 1.64. The van der Waals surface area contributed by atoms with E-state index in [1.807, 2.05) is 0 Å². The van der Waals surface area contributed by atoms with Crippen LogP contribution < -0.4 is 4.90 Å². The zero-order chi connectivity index (χ0) is 18.5. The molecular formula is C21H21NO4. The van der Waals surface area contributed by atoms with E-state index in [-0.39, 0.29) is 11.8 Å². The van der Waals surface area contributed by atoms with Crippen LogP contribution in [0.1, 0.15) is 63.7 Å². The first-order valence-corrected chi connectivity index (χ1v) is 8.88. The molecule has 2 aromatic carbocycles. The number of esters is 1. The van der Waals surface area contributed by atoms with E-state index >= 15 is 0 Å². The van der Waals surface area contributed by atoms with Gasteiger partial charge in [-0.2, -0.15) is 0 Å². The largest absolute Gasteiger partial charge is 0.462 e. The fourth-order valence-electron chi connectivity index (χ4n) is 2.95. The first-order chi connectivity index (χ1) is 12.6. The number of unbranched alkanes of at least 4 members (excludes halogenated alkanes) is 3. The van der Waals surface area contributed by atoms with E-state index in [1.54, 1.807) is 48.5 Å². The van der Waals surface area contributed by atoms with Gasteiger partial charge in [-0.1, -0.05) is 38.3 Å². The molecule has 1 heterocycles. The molecule has 5 heteroatoms. The Morgan fingerprint density at radius 3 is 2.08 bits per heavy atom. The Labute approximate surface area is 152 Å². The summed E-state index contributed by atoms with van der Waals surface area (Å²) < 4.78 is 5.25. The van der Waals surface area contributed by atoms with Crippen LogP contribution in [-0.2, 0) is 4.74 Å². The standard InChI is InChI=1S/C21H21NO4/c1-2-3-4-7-14-26-21(25)15-10-12-16(13-11-15)22-19(23)17-8-5-6-9-18(17)20(22)24/h5-6,8-13H,2-4,7,14H2,1H3. The molecule has 5 nitrogen and oxygen atoms in total. The van der Waals surface area contributed by atoms with E-state index in [0.29, 0.717) is 29.0 Å². The van der Waals surface area contributed by atoms with Gasteiger partial charge in [-0.3, -0.25) is 9.59 Å². The predicted molar refractivity (Wildman–Crippen MR) is 98.4 cm³/mol. The summed E-state index contributed by atoms with van der Waals surface area (Å²) in [4.78, 5) is 38.1. The number of imide groups is 1. The molecule has 134 valence electrons. The van der Waals surface area contributed by atoms with E-state index in [0.717, 1.165) is 30.6 Å². The van der Waals surface area contributed by atoms with Crippen LogP contribution in [0.3, 0.4) is 0 Å². The third kappa shape index (κ3) is 3.52. The average molecular weight is 351 g/mol. The number of amides is 2. The molecule has 1 aliphatic heterocycles. The second kappa shape index (κ2) is 7.95. The molecule has 0 spiro atoms. The number of benzene rings is 2. The summed E-state index contributed by atoms with van der Waals surface area (Å²) in [5.74, 6) is -1.09. The minimum atomic E-state index is -0.393. The maximum atomic E-state index is 12.5. The van der Waals surface area contributed by atoms with Crippen LogP contribution in [0.5, 0.6) is 0 Å². The number of rotatable bonds is 7. The third-order valence-electron chi connectivity index (χ3n) is 4.39. The van der Waals surface area contributed by atoms with E-state index in [4.69, 9.17) is 4.74 Å². The molecule has 0 aromatic heterocycles. The smallest absolute Gasteiger partial charge is 0.338 e. The second-order valence-corrected chi connectivity index (χ2v) is 6.23. The lowest BCUT2D eigenvalue weighted by molar-refractivity contribution is 0.0497. The summed E-state index contributed by atoms with van der Waals surface area (Å²) >= 11 is 0. The van der Waals surface area contributed by atoms with Gasteiger partial charge in [-0.05, 0) is 42.8 Å². The van der Waals surface area contributed by atoms with Gasteiger partial charge in [0.15, 0.2) is 0 Å². The third-order valence-corrected chi connectivity index (χ3v) is 4.39. The Morgan fingerprint density at radius 1 is 0.885 bits per heavy atom. The van der Waals surface area contributed by atoms with Crippen LogP contribution in [0.15, 0.2) is 48.5 Å². The van der Waals surface area contributed by atoms with Crippen LogP contribution in [0.2, 0.25) is 0 Å². The molecule has 3 rings (SSSR count). The van der Waals surface area contributed by atoms with Crippen molar-refractivity contribution in [1.82, 2.24) is 0 Å². The molecule has 0 radical (unpaired) electrons. The molecule has 0 N–H and O–H groups in total. The molecule has 2 amide bonds. The van der Waals surface area contributed by atoms with E-state index in [9.17, 15) is 14.4 Å². The molecule has 0 unspecified atom stereocenters. The number of nitrogens with zero attached hydrogens (tertiary/aromatic N) is 1. The van der Waals surface area contributed by atoms with Crippen molar-refractivity contribution in [2.24, 2.45) is 0 Å². The average Bonchev–Trinajstić information content (AvgIpc) is 2.93. The number of ether oxygens (including phenoxy) is 1. The Balaban J connectivity index is 1.66. The van der Waals surface area contributed by atoms with E-state index in [2.05, 4.69) is 6.92 Å². The van der Waals surface area contributed by atoms with Gasteiger partial charge in [0.1, 0.15) is 0 Å². The van der Waals surface area contributed by atoms with Crippen LogP contribution in [-0.4, -0.2) is 24.4 Å². The van der Waals surface area contributed by atoms with Crippen molar-refractivity contribution in [3.63, 3.8) is 0 Å². The topological polar surface area (TPSA) is 63.7 Å². The first kappa shape index (κ1) is 17.9. The molecule has 0 atom stereocenters. The van der Waals surface area contributed by atoms with Crippen molar-refractivity contribution in [3.8, 4) is 0 Å². The molecular weight excluding hydrogens is 330 g/mol. The van der Waals surface area contributed by atoms with Gasteiger partial charge in [0.2, 0.25) is 0 Å². The van der Waals surface area contributed by atoms with Gasteiger partial charge < -0.3 is 4.74 Å². The van der Waals surface area contributed by atoms with Gasteiger partial charge in [-0.25, -0.2) is 9.69 Å². The van der Waals surface area contributed by atoms with Crippen LogP contribution >= 0.6 is 0 Å². The lowest BCUT2D eigenvalue weighted by Gasteiger charge is -2.14. The number of hydrogen-bond acceptors (Lipinski definition) is 4. The molecule has 0 fully saturated rings. The highest BCUT2D eigenvalue weighted by molar-refractivity contribution is 6.34. The van der Waals surface area contributed by atoms with Gasteiger partial charge >= 0.3 is 5.97 Å². The van der Waals surface area contributed by atoms with Crippen molar-refractivity contribution in [2.75, 3.05) is 11.5 Å². The Morgan fingerprint density at radius 2 is 1.50 bits per heavy atom. The van der Waals surface area contributed by atoms with Crippen molar-refractivity contribution in [3.05, 3.63) is 65.2 Å². The summed E-state index contributed by atoms with van der Waals surface area (Å²) in [6.07, 6.45) is 4.16. The molecule has 0 aliphatic carbocycles. The zero-order valence-electron chi connectivity index (χ0n) is 14.7. The number of carbonyl (C=O) groups excluding carboxylic acids is 3. The Hall–Kier alpha value is -2.95. The lowest BCUT2D eigenvalue weighted by atomic mass is 10.1. The highest BCUT2D eigenvalue weighted by Crippen LogP contribution is 2.28. The number of hydrogen-bond donors (Lipinski definition) is 0. The summed E-state index contributed by atoms with van der Waals surface area (Å²) in [6, 6.07) is 13.1. The van der Waals surface area contributed by atoms with Gasteiger partial charge in [0.25, 0.3) is 11.8 Å². The van der Waals surface area contributed by atoms with Crippen LogP contribution in [0.25, 0.3) is 0 Å². The van der Waals surface area contributed by atoms with Gasteiger partial charge in [0.05, 0.1) is 29.0 Å². The fourth-order valence-corrected chi connectivity index (χ4v) is 2.95. The van der Waals surface area contributed by atoms with Crippen molar-refractivity contribution in [1.29, 1.82) is 0 Å². The fraction of sp³-hybridized carbons (Fsp3) is 0.286. The van der Waals surface area contributed by atoms with Crippen LogP contribution in [0.4, 0.5) is 5.69 Å². The number of fused-ring (bicyclic) bond motifs is 1. The molecule has 0 bridgehead atoms. The highest BCUT2D eigenvalue weighted by atomic mass is 16.5. The first-order valence-electron chi connectivity index (χ1n) is 8.88. The molecule has 0 saturated heterocycles. The Bertz CT molecular complexity index is 791. The lowest BCUT2D eigenvalue weighted by Crippen LogP contribution is -2.29. The molecule has 1 aliphatic rings. The Kier molecular flexibility index (Phi) is 5.46. The maximum absolute atomic E-state index is 12.5. The van der Waals surface area contributed by atoms with Gasteiger partial charge in [-0.15, -0.1) is 0 Å². The quantitative estimate of drug-likeness (QED) is 0.425. The van der Waals surface area contributed by atoms with Crippen LogP contribution in [0, 0.1) is 0 Å². The zero-order valence-corrected chi connectivity index (χ0v) is 14.7. The van der Waals surface area contributed by atoms with Crippen molar-refractivity contribution in [2.45, 2.75) is 32.6 Å². The summed E-state index contributed by atoms with van der Waals surface area (Å²) in [7, 11) is 0. The summed E-state index contributed by atoms with van der Waals surface area (Å²) in [6.45, 7) is 2.53. The van der Waals surface area contributed by atoms with Gasteiger partial charge in [0, 0.05) is 0 Å². The monoisotopic (exact) mass is 351 g/mol. The minimum Gasteiger partial charge on any atom is -0.462 e. The highest BCUT2D eigenvalue weighted by Gasteiger charge is 2.36. The van der Waals surface area contributed by atoms with Crippen molar-refractivity contribution >= 4 is 23.5 Å².